The molecule has 4 saturated carbocycles. The standard InChI is InChI=1S/C22H29FN2O3/c1-13-4-6-15(7-5-13)14(2)18(26)19(27)24-16-8-17(9-16)25(3)20(28)21-10-22(23,11-21)12-21/h4-7,14,16-18,26H,8-12H2,1-3H3,(H,24,27). The first-order chi connectivity index (χ1) is 13.1. The topological polar surface area (TPSA) is 69.6 Å². The zero-order valence-electron chi connectivity index (χ0n) is 16.7. The van der Waals surface area contributed by atoms with Crippen LogP contribution < -0.4 is 5.32 Å². The van der Waals surface area contributed by atoms with Crippen LogP contribution >= 0.6 is 0 Å². The Morgan fingerprint density at radius 2 is 1.79 bits per heavy atom. The van der Waals surface area contributed by atoms with Crippen LogP contribution in [0.2, 0.25) is 0 Å². The second-order valence-corrected chi connectivity index (χ2v) is 9.35. The molecule has 2 amide bonds. The van der Waals surface area contributed by atoms with E-state index in [1.54, 1.807) is 11.9 Å². The molecule has 4 aliphatic carbocycles. The molecule has 0 saturated heterocycles. The van der Waals surface area contributed by atoms with Gasteiger partial charge in [-0.3, -0.25) is 9.59 Å². The summed E-state index contributed by atoms with van der Waals surface area (Å²) < 4.78 is 13.7. The van der Waals surface area contributed by atoms with Crippen LogP contribution in [0.15, 0.2) is 24.3 Å². The predicted octanol–water partition coefficient (Wildman–Crippen LogP) is 2.46. The smallest absolute Gasteiger partial charge is 0.249 e. The molecule has 4 aliphatic rings. The first-order valence-corrected chi connectivity index (χ1v) is 10.1. The quantitative estimate of drug-likeness (QED) is 0.787. The van der Waals surface area contributed by atoms with E-state index in [9.17, 15) is 19.1 Å². The van der Waals surface area contributed by atoms with E-state index in [4.69, 9.17) is 0 Å². The number of alkyl halides is 1. The molecule has 0 aliphatic heterocycles. The van der Waals surface area contributed by atoms with Crippen molar-refractivity contribution < 1.29 is 19.1 Å². The summed E-state index contributed by atoms with van der Waals surface area (Å²) >= 11 is 0. The lowest BCUT2D eigenvalue weighted by atomic mass is 9.41. The van der Waals surface area contributed by atoms with E-state index in [0.717, 1.165) is 11.1 Å². The van der Waals surface area contributed by atoms with Crippen molar-refractivity contribution in [2.45, 2.75) is 75.7 Å². The van der Waals surface area contributed by atoms with Gasteiger partial charge in [-0.25, -0.2) is 4.39 Å². The number of nitrogens with one attached hydrogen (secondary N) is 1. The summed E-state index contributed by atoms with van der Waals surface area (Å²) in [7, 11) is 1.78. The fourth-order valence-corrected chi connectivity index (χ4v) is 5.02. The Labute approximate surface area is 165 Å². The molecule has 6 heteroatoms. The molecular weight excluding hydrogens is 359 g/mol. The number of aryl methyl sites for hydroxylation is 1. The Morgan fingerprint density at radius 1 is 1.21 bits per heavy atom. The van der Waals surface area contributed by atoms with Crippen LogP contribution in [0.25, 0.3) is 0 Å². The van der Waals surface area contributed by atoms with Crippen LogP contribution in [0.5, 0.6) is 0 Å². The second-order valence-electron chi connectivity index (χ2n) is 9.35. The van der Waals surface area contributed by atoms with Crippen LogP contribution in [0, 0.1) is 12.3 Å². The number of benzene rings is 1. The van der Waals surface area contributed by atoms with E-state index in [2.05, 4.69) is 5.32 Å². The Morgan fingerprint density at radius 3 is 2.32 bits per heavy atom. The number of hydrogen-bond acceptors (Lipinski definition) is 3. The SMILES string of the molecule is Cc1ccc(C(C)C(O)C(=O)NC2CC(N(C)C(=O)C34CC(F)(C3)C4)C2)cc1. The summed E-state index contributed by atoms with van der Waals surface area (Å²) in [6, 6.07) is 7.85. The molecule has 2 unspecified atom stereocenters. The summed E-state index contributed by atoms with van der Waals surface area (Å²) in [5.74, 6) is -0.614. The van der Waals surface area contributed by atoms with Gasteiger partial charge in [-0.2, -0.15) is 0 Å². The van der Waals surface area contributed by atoms with E-state index >= 15 is 0 Å². The monoisotopic (exact) mass is 388 g/mol. The van der Waals surface area contributed by atoms with E-state index < -0.39 is 17.2 Å². The normalized spacial score (nSPS) is 34.9. The maximum atomic E-state index is 13.7. The average Bonchev–Trinajstić information content (AvgIpc) is 2.58. The zero-order valence-corrected chi connectivity index (χ0v) is 16.7. The Kier molecular flexibility index (Phi) is 4.53. The molecule has 2 N–H and O–H groups in total. The van der Waals surface area contributed by atoms with E-state index in [1.165, 1.54) is 0 Å². The summed E-state index contributed by atoms with van der Waals surface area (Å²) in [6.07, 6.45) is 1.37. The molecule has 152 valence electrons. The lowest BCUT2D eigenvalue weighted by Gasteiger charge is -2.65. The highest BCUT2D eigenvalue weighted by molar-refractivity contribution is 5.87. The lowest BCUT2D eigenvalue weighted by molar-refractivity contribution is -0.223. The maximum absolute atomic E-state index is 13.7. The summed E-state index contributed by atoms with van der Waals surface area (Å²) in [5, 5.41) is 13.3. The maximum Gasteiger partial charge on any atom is 0.249 e. The molecule has 5 rings (SSSR count). The Hall–Kier alpha value is -1.95. The third-order valence-corrected chi connectivity index (χ3v) is 7.09. The van der Waals surface area contributed by atoms with Crippen LogP contribution in [0.4, 0.5) is 4.39 Å². The number of aliphatic hydroxyl groups is 1. The molecule has 2 atom stereocenters. The minimum atomic E-state index is -1.11. The molecule has 0 heterocycles. The van der Waals surface area contributed by atoms with Gasteiger partial charge in [-0.05, 0) is 44.6 Å². The fraction of sp³-hybridized carbons (Fsp3) is 0.636. The highest BCUT2D eigenvalue weighted by atomic mass is 19.1. The number of nitrogens with zero attached hydrogens (tertiary/aromatic N) is 1. The zero-order chi connectivity index (χ0) is 20.3. The fourth-order valence-electron chi connectivity index (χ4n) is 5.02. The van der Waals surface area contributed by atoms with Crippen molar-refractivity contribution in [3.8, 4) is 0 Å². The number of carbonyl (C=O) groups excluding carboxylic acids is 2. The lowest BCUT2D eigenvalue weighted by Crippen LogP contribution is -2.71. The van der Waals surface area contributed by atoms with Gasteiger partial charge in [0.05, 0.1) is 5.41 Å². The molecule has 0 radical (unpaired) electrons. The third kappa shape index (κ3) is 3.11. The Bertz CT molecular complexity index is 768. The molecule has 5 nitrogen and oxygen atoms in total. The minimum Gasteiger partial charge on any atom is -0.383 e. The van der Waals surface area contributed by atoms with Crippen LogP contribution in [-0.2, 0) is 9.59 Å². The molecule has 28 heavy (non-hydrogen) atoms. The number of hydrogen-bond donors (Lipinski definition) is 2. The third-order valence-electron chi connectivity index (χ3n) is 7.09. The molecule has 0 aromatic heterocycles. The molecule has 2 bridgehead atoms. The highest BCUT2D eigenvalue weighted by Crippen LogP contribution is 2.70. The van der Waals surface area contributed by atoms with Crippen molar-refractivity contribution in [3.63, 3.8) is 0 Å². The summed E-state index contributed by atoms with van der Waals surface area (Å²) in [5.41, 5.74) is 0.540. The molecular formula is C22H29FN2O3. The molecule has 0 spiro atoms. The van der Waals surface area contributed by atoms with Crippen molar-refractivity contribution in [2.24, 2.45) is 5.41 Å². The van der Waals surface area contributed by atoms with Crippen molar-refractivity contribution in [1.29, 1.82) is 0 Å². The van der Waals surface area contributed by atoms with Gasteiger partial charge in [-0.15, -0.1) is 0 Å². The van der Waals surface area contributed by atoms with E-state index in [-0.39, 0.29) is 29.8 Å². The largest absolute Gasteiger partial charge is 0.383 e. The van der Waals surface area contributed by atoms with Crippen LogP contribution in [0.1, 0.15) is 56.1 Å². The molecule has 4 fully saturated rings. The minimum absolute atomic E-state index is 0.0341. The van der Waals surface area contributed by atoms with Gasteiger partial charge >= 0.3 is 0 Å². The highest BCUT2D eigenvalue weighted by Gasteiger charge is 2.73. The summed E-state index contributed by atoms with van der Waals surface area (Å²) in [4.78, 5) is 26.8. The number of aliphatic hydroxyl groups excluding tert-OH is 1. The first kappa shape index (κ1) is 19.4. The van der Waals surface area contributed by atoms with Crippen molar-refractivity contribution >= 4 is 11.8 Å². The van der Waals surface area contributed by atoms with Gasteiger partial charge in [0.2, 0.25) is 11.8 Å². The van der Waals surface area contributed by atoms with Gasteiger partial charge in [0.25, 0.3) is 0 Å². The molecule has 1 aromatic rings. The van der Waals surface area contributed by atoms with Crippen LogP contribution in [-0.4, -0.2) is 52.7 Å². The first-order valence-electron chi connectivity index (χ1n) is 10.1. The van der Waals surface area contributed by atoms with Crippen molar-refractivity contribution in [3.05, 3.63) is 35.4 Å². The van der Waals surface area contributed by atoms with Gasteiger partial charge in [-0.1, -0.05) is 36.8 Å². The number of rotatable bonds is 6. The second kappa shape index (κ2) is 6.55. The summed E-state index contributed by atoms with van der Waals surface area (Å²) in [6.45, 7) is 3.84. The number of halogens is 1. The van der Waals surface area contributed by atoms with E-state index in [0.29, 0.717) is 32.1 Å². The average molecular weight is 388 g/mol. The number of carbonyl (C=O) groups is 2. The Balaban J connectivity index is 1.24. The van der Waals surface area contributed by atoms with Gasteiger partial charge in [0.1, 0.15) is 11.8 Å². The molecule has 1 aromatic carbocycles. The number of amides is 2. The van der Waals surface area contributed by atoms with Gasteiger partial charge in [0, 0.05) is 25.0 Å². The predicted molar refractivity (Wildman–Crippen MR) is 103 cm³/mol. The van der Waals surface area contributed by atoms with E-state index in [1.807, 2.05) is 38.1 Å². The van der Waals surface area contributed by atoms with Crippen molar-refractivity contribution in [2.75, 3.05) is 7.05 Å². The van der Waals surface area contributed by atoms with Gasteiger partial charge in [0.15, 0.2) is 0 Å². The van der Waals surface area contributed by atoms with Crippen LogP contribution in [0.3, 0.4) is 0 Å². The van der Waals surface area contributed by atoms with Gasteiger partial charge < -0.3 is 15.3 Å². The van der Waals surface area contributed by atoms with Crippen molar-refractivity contribution in [1.82, 2.24) is 10.2 Å².